The summed E-state index contributed by atoms with van der Waals surface area (Å²) in [4.78, 5) is 0. The first-order valence-corrected chi connectivity index (χ1v) is 6.66. The standard InChI is InChI=1S/C11H17NOS/c1-9-3-4-10(2)12(9)11-5-7-14(13)8-6-11/h3-4,11H,5-8H2,1-2H3. The minimum Gasteiger partial charge on any atom is -0.346 e. The normalized spacial score (nSPS) is 27.9. The third kappa shape index (κ3) is 1.78. The van der Waals surface area contributed by atoms with Crippen LogP contribution in [0.3, 0.4) is 0 Å². The van der Waals surface area contributed by atoms with Crippen molar-refractivity contribution in [3.05, 3.63) is 23.5 Å². The van der Waals surface area contributed by atoms with E-state index in [1.807, 2.05) is 0 Å². The van der Waals surface area contributed by atoms with Gasteiger partial charge in [0.15, 0.2) is 0 Å². The van der Waals surface area contributed by atoms with Crippen LogP contribution in [0.25, 0.3) is 0 Å². The molecule has 1 fully saturated rings. The molecule has 1 aliphatic heterocycles. The fraction of sp³-hybridized carbons (Fsp3) is 0.636. The molecule has 78 valence electrons. The predicted octanol–water partition coefficient (Wildman–Crippen LogP) is 2.19. The molecule has 0 bridgehead atoms. The highest BCUT2D eigenvalue weighted by Crippen LogP contribution is 2.25. The Morgan fingerprint density at radius 1 is 1.21 bits per heavy atom. The van der Waals surface area contributed by atoms with E-state index in [1.54, 1.807) is 0 Å². The van der Waals surface area contributed by atoms with Crippen LogP contribution in [0, 0.1) is 13.8 Å². The van der Waals surface area contributed by atoms with Crippen molar-refractivity contribution in [3.63, 3.8) is 0 Å². The van der Waals surface area contributed by atoms with E-state index in [-0.39, 0.29) is 0 Å². The maximum atomic E-state index is 11.2. The van der Waals surface area contributed by atoms with Gasteiger partial charge < -0.3 is 4.57 Å². The average molecular weight is 211 g/mol. The number of rotatable bonds is 1. The molecule has 0 spiro atoms. The maximum Gasteiger partial charge on any atom is 0.0353 e. The van der Waals surface area contributed by atoms with Crippen molar-refractivity contribution in [2.75, 3.05) is 11.5 Å². The van der Waals surface area contributed by atoms with Crippen LogP contribution in [0.2, 0.25) is 0 Å². The Bertz CT molecular complexity index is 327. The summed E-state index contributed by atoms with van der Waals surface area (Å²) in [6.45, 7) is 4.30. The van der Waals surface area contributed by atoms with E-state index < -0.39 is 10.8 Å². The predicted molar refractivity (Wildman–Crippen MR) is 60.1 cm³/mol. The Morgan fingerprint density at radius 3 is 2.21 bits per heavy atom. The minimum atomic E-state index is -0.549. The molecule has 1 aliphatic rings. The van der Waals surface area contributed by atoms with Gasteiger partial charge in [-0.15, -0.1) is 0 Å². The molecule has 0 aliphatic carbocycles. The highest BCUT2D eigenvalue weighted by Gasteiger charge is 2.20. The van der Waals surface area contributed by atoms with Crippen LogP contribution < -0.4 is 0 Å². The van der Waals surface area contributed by atoms with Crippen LogP contribution in [-0.4, -0.2) is 20.3 Å². The van der Waals surface area contributed by atoms with E-state index in [9.17, 15) is 4.21 Å². The first-order valence-electron chi connectivity index (χ1n) is 5.18. The number of aryl methyl sites for hydroxylation is 2. The van der Waals surface area contributed by atoms with E-state index in [4.69, 9.17) is 0 Å². The summed E-state index contributed by atoms with van der Waals surface area (Å²) in [5.74, 6) is 1.75. The number of hydrogen-bond donors (Lipinski definition) is 0. The monoisotopic (exact) mass is 211 g/mol. The van der Waals surface area contributed by atoms with Crippen LogP contribution in [0.15, 0.2) is 12.1 Å². The van der Waals surface area contributed by atoms with Crippen LogP contribution in [0.1, 0.15) is 30.3 Å². The quantitative estimate of drug-likeness (QED) is 0.698. The molecule has 0 aromatic carbocycles. The number of hydrogen-bond acceptors (Lipinski definition) is 1. The lowest BCUT2D eigenvalue weighted by Gasteiger charge is -2.26. The van der Waals surface area contributed by atoms with Crippen molar-refractivity contribution < 1.29 is 4.21 Å². The first-order chi connectivity index (χ1) is 6.68. The lowest BCUT2D eigenvalue weighted by molar-refractivity contribution is 0.448. The van der Waals surface area contributed by atoms with Crippen LogP contribution in [-0.2, 0) is 10.8 Å². The first kappa shape index (κ1) is 9.97. The van der Waals surface area contributed by atoms with Gasteiger partial charge in [-0.05, 0) is 38.8 Å². The Kier molecular flexibility index (Phi) is 2.77. The van der Waals surface area contributed by atoms with Crippen LogP contribution >= 0.6 is 0 Å². The van der Waals surface area contributed by atoms with Gasteiger partial charge in [0.1, 0.15) is 0 Å². The lowest BCUT2D eigenvalue weighted by Crippen LogP contribution is -2.22. The Morgan fingerprint density at radius 2 is 1.71 bits per heavy atom. The Hall–Kier alpha value is -0.570. The summed E-state index contributed by atoms with van der Waals surface area (Å²) >= 11 is 0. The van der Waals surface area contributed by atoms with E-state index in [1.165, 1.54) is 11.4 Å². The highest BCUT2D eigenvalue weighted by atomic mass is 32.2. The van der Waals surface area contributed by atoms with Gasteiger partial charge in [-0.25, -0.2) is 0 Å². The van der Waals surface area contributed by atoms with Crippen molar-refractivity contribution >= 4 is 10.8 Å². The van der Waals surface area contributed by atoms with Gasteiger partial charge in [-0.1, -0.05) is 0 Å². The molecule has 0 atom stereocenters. The maximum absolute atomic E-state index is 11.2. The summed E-state index contributed by atoms with van der Waals surface area (Å²) in [6, 6.07) is 4.92. The van der Waals surface area contributed by atoms with Crippen molar-refractivity contribution in [3.8, 4) is 0 Å². The van der Waals surface area contributed by atoms with Crippen LogP contribution in [0.5, 0.6) is 0 Å². The summed E-state index contributed by atoms with van der Waals surface area (Å²) in [6.07, 6.45) is 2.14. The van der Waals surface area contributed by atoms with E-state index in [2.05, 4.69) is 30.5 Å². The highest BCUT2D eigenvalue weighted by molar-refractivity contribution is 7.85. The van der Waals surface area contributed by atoms with Crippen molar-refractivity contribution in [1.82, 2.24) is 4.57 Å². The third-order valence-corrected chi connectivity index (χ3v) is 4.43. The minimum absolute atomic E-state index is 0.549. The van der Waals surface area contributed by atoms with Gasteiger partial charge in [0.2, 0.25) is 0 Å². The molecule has 0 radical (unpaired) electrons. The smallest absolute Gasteiger partial charge is 0.0353 e. The molecule has 2 nitrogen and oxygen atoms in total. The fourth-order valence-electron chi connectivity index (χ4n) is 2.30. The van der Waals surface area contributed by atoms with Gasteiger partial charge in [0.05, 0.1) is 0 Å². The van der Waals surface area contributed by atoms with Gasteiger partial charge in [-0.2, -0.15) is 0 Å². The molecule has 0 unspecified atom stereocenters. The molecule has 2 rings (SSSR count). The molecule has 2 heterocycles. The number of aromatic nitrogens is 1. The second-order valence-electron chi connectivity index (χ2n) is 4.07. The molecule has 3 heteroatoms. The largest absolute Gasteiger partial charge is 0.346 e. The molecule has 0 N–H and O–H groups in total. The second kappa shape index (κ2) is 3.89. The molecular weight excluding hydrogens is 194 g/mol. The van der Waals surface area contributed by atoms with Crippen molar-refractivity contribution in [2.24, 2.45) is 0 Å². The van der Waals surface area contributed by atoms with E-state index >= 15 is 0 Å². The summed E-state index contributed by atoms with van der Waals surface area (Å²) < 4.78 is 13.6. The average Bonchev–Trinajstić information content (AvgIpc) is 2.49. The summed E-state index contributed by atoms with van der Waals surface area (Å²) in [7, 11) is -0.549. The van der Waals surface area contributed by atoms with Gasteiger partial charge in [-0.3, -0.25) is 4.21 Å². The van der Waals surface area contributed by atoms with E-state index in [0.29, 0.717) is 6.04 Å². The molecule has 1 aromatic rings. The second-order valence-corrected chi connectivity index (χ2v) is 5.76. The van der Waals surface area contributed by atoms with E-state index in [0.717, 1.165) is 24.3 Å². The molecule has 0 amide bonds. The zero-order valence-electron chi connectivity index (χ0n) is 8.82. The SMILES string of the molecule is Cc1ccc(C)n1C1CCS(=O)CC1. The molecule has 1 aromatic heterocycles. The number of nitrogens with zero attached hydrogens (tertiary/aromatic N) is 1. The third-order valence-electron chi connectivity index (χ3n) is 3.05. The zero-order valence-corrected chi connectivity index (χ0v) is 9.64. The Labute approximate surface area is 87.8 Å². The molecule has 14 heavy (non-hydrogen) atoms. The zero-order chi connectivity index (χ0) is 10.1. The van der Waals surface area contributed by atoms with Crippen molar-refractivity contribution in [1.29, 1.82) is 0 Å². The van der Waals surface area contributed by atoms with Crippen molar-refractivity contribution in [2.45, 2.75) is 32.7 Å². The van der Waals surface area contributed by atoms with Gasteiger partial charge in [0, 0.05) is 39.7 Å². The summed E-state index contributed by atoms with van der Waals surface area (Å²) in [5.41, 5.74) is 2.67. The molecule has 1 saturated heterocycles. The Balaban J connectivity index is 2.19. The van der Waals surface area contributed by atoms with Gasteiger partial charge >= 0.3 is 0 Å². The van der Waals surface area contributed by atoms with Crippen LogP contribution in [0.4, 0.5) is 0 Å². The topological polar surface area (TPSA) is 22.0 Å². The fourth-order valence-corrected chi connectivity index (χ4v) is 3.57. The summed E-state index contributed by atoms with van der Waals surface area (Å²) in [5, 5.41) is 0. The molecular formula is C11H17NOS. The molecule has 0 saturated carbocycles. The van der Waals surface area contributed by atoms with Gasteiger partial charge in [0.25, 0.3) is 0 Å². The lowest BCUT2D eigenvalue weighted by atomic mass is 10.1.